The maximum Gasteiger partial charge on any atom is 0.205 e. The molecule has 0 spiro atoms. The number of aromatic nitrogens is 2. The molecule has 96 valence electrons. The van der Waals surface area contributed by atoms with E-state index in [9.17, 15) is 0 Å². The van der Waals surface area contributed by atoms with Gasteiger partial charge in [0.15, 0.2) is 0 Å². The molecule has 1 fully saturated rings. The molecule has 1 aliphatic heterocycles. The number of rotatable bonds is 5. The van der Waals surface area contributed by atoms with E-state index in [1.165, 1.54) is 25.8 Å². The second-order valence-electron chi connectivity index (χ2n) is 5.00. The summed E-state index contributed by atoms with van der Waals surface area (Å²) in [5, 5.41) is 3.49. The van der Waals surface area contributed by atoms with Gasteiger partial charge >= 0.3 is 0 Å². The van der Waals surface area contributed by atoms with Crippen LogP contribution in [0, 0.1) is 5.92 Å². The quantitative estimate of drug-likeness (QED) is 0.843. The van der Waals surface area contributed by atoms with Gasteiger partial charge in [-0.2, -0.15) is 0 Å². The minimum atomic E-state index is 0.770. The third-order valence-electron chi connectivity index (χ3n) is 3.45. The Labute approximate surface area is 104 Å². The van der Waals surface area contributed by atoms with E-state index >= 15 is 0 Å². The molecule has 1 atom stereocenters. The highest BCUT2D eigenvalue weighted by molar-refractivity contribution is 5.30. The molecule has 17 heavy (non-hydrogen) atoms. The van der Waals surface area contributed by atoms with Gasteiger partial charge in [-0.05, 0) is 38.3 Å². The fourth-order valence-electron chi connectivity index (χ4n) is 2.60. The molecular weight excluding hydrogens is 212 g/mol. The summed E-state index contributed by atoms with van der Waals surface area (Å²) in [6.07, 6.45) is 7.74. The van der Waals surface area contributed by atoms with Gasteiger partial charge in [0.05, 0.1) is 0 Å². The fraction of sp³-hybridized carbons (Fsp3) is 0.769. The van der Waals surface area contributed by atoms with Crippen LogP contribution >= 0.6 is 0 Å². The van der Waals surface area contributed by atoms with Crippen LogP contribution in [0.25, 0.3) is 0 Å². The Morgan fingerprint density at radius 3 is 3.06 bits per heavy atom. The summed E-state index contributed by atoms with van der Waals surface area (Å²) >= 11 is 0. The van der Waals surface area contributed by atoms with Crippen molar-refractivity contribution in [1.82, 2.24) is 14.9 Å². The summed E-state index contributed by atoms with van der Waals surface area (Å²) in [6.45, 7) is 6.80. The molecule has 1 aromatic rings. The molecule has 1 saturated heterocycles. The van der Waals surface area contributed by atoms with E-state index in [4.69, 9.17) is 0 Å². The zero-order chi connectivity index (χ0) is 12.1. The highest BCUT2D eigenvalue weighted by Gasteiger charge is 2.18. The standard InChI is InChI=1S/C13H24N4/c1-3-8-17(13-15-7-9-16(13)2)11-12-5-4-6-14-10-12/h7,9,12,14H,3-6,8,10-11H2,1-2H3. The zero-order valence-electron chi connectivity index (χ0n) is 11.0. The Kier molecular flexibility index (Phi) is 4.42. The van der Waals surface area contributed by atoms with Crippen LogP contribution in [0.15, 0.2) is 12.4 Å². The number of nitrogens with zero attached hydrogens (tertiary/aromatic N) is 3. The van der Waals surface area contributed by atoms with Crippen LogP contribution in [0.1, 0.15) is 26.2 Å². The van der Waals surface area contributed by atoms with Gasteiger partial charge in [-0.1, -0.05) is 6.92 Å². The fourth-order valence-corrected chi connectivity index (χ4v) is 2.60. The molecule has 1 unspecified atom stereocenters. The molecule has 1 aliphatic rings. The van der Waals surface area contributed by atoms with Gasteiger partial charge in [0.1, 0.15) is 0 Å². The van der Waals surface area contributed by atoms with Crippen molar-refractivity contribution in [2.75, 3.05) is 31.1 Å². The summed E-state index contributed by atoms with van der Waals surface area (Å²) in [6, 6.07) is 0. The van der Waals surface area contributed by atoms with E-state index in [1.807, 2.05) is 12.4 Å². The lowest BCUT2D eigenvalue weighted by atomic mass is 9.99. The van der Waals surface area contributed by atoms with Crippen LogP contribution in [0.4, 0.5) is 5.95 Å². The van der Waals surface area contributed by atoms with E-state index in [2.05, 4.69) is 33.7 Å². The molecule has 1 aromatic heterocycles. The molecule has 4 heteroatoms. The number of hydrogen-bond donors (Lipinski definition) is 1. The Hall–Kier alpha value is -1.03. The van der Waals surface area contributed by atoms with Crippen LogP contribution in [0.5, 0.6) is 0 Å². The number of nitrogens with one attached hydrogen (secondary N) is 1. The second kappa shape index (κ2) is 6.05. The predicted molar refractivity (Wildman–Crippen MR) is 71.3 cm³/mol. The van der Waals surface area contributed by atoms with E-state index in [0.717, 1.165) is 31.5 Å². The van der Waals surface area contributed by atoms with Gasteiger partial charge in [0.2, 0.25) is 5.95 Å². The van der Waals surface area contributed by atoms with Crippen molar-refractivity contribution in [3.63, 3.8) is 0 Å². The third kappa shape index (κ3) is 3.22. The van der Waals surface area contributed by atoms with Crippen molar-refractivity contribution in [3.8, 4) is 0 Å². The van der Waals surface area contributed by atoms with Crippen LogP contribution in [0.2, 0.25) is 0 Å². The first-order valence-electron chi connectivity index (χ1n) is 6.74. The molecule has 0 bridgehead atoms. The summed E-state index contributed by atoms with van der Waals surface area (Å²) < 4.78 is 2.12. The van der Waals surface area contributed by atoms with Crippen molar-refractivity contribution >= 4 is 5.95 Å². The topological polar surface area (TPSA) is 33.1 Å². The second-order valence-corrected chi connectivity index (χ2v) is 5.00. The Morgan fingerprint density at radius 2 is 2.47 bits per heavy atom. The average molecular weight is 236 g/mol. The first-order chi connectivity index (χ1) is 8.31. The largest absolute Gasteiger partial charge is 0.342 e. The van der Waals surface area contributed by atoms with Gasteiger partial charge in [-0.3, -0.25) is 0 Å². The van der Waals surface area contributed by atoms with Crippen LogP contribution in [-0.2, 0) is 7.05 Å². The predicted octanol–water partition coefficient (Wildman–Crippen LogP) is 1.64. The van der Waals surface area contributed by atoms with Gasteiger partial charge in [0.25, 0.3) is 0 Å². The van der Waals surface area contributed by atoms with Crippen molar-refractivity contribution in [3.05, 3.63) is 12.4 Å². The van der Waals surface area contributed by atoms with E-state index in [-0.39, 0.29) is 0 Å². The first kappa shape index (κ1) is 12.4. The van der Waals surface area contributed by atoms with E-state index in [0.29, 0.717) is 0 Å². The zero-order valence-corrected chi connectivity index (χ0v) is 11.0. The van der Waals surface area contributed by atoms with Crippen molar-refractivity contribution in [2.24, 2.45) is 13.0 Å². The monoisotopic (exact) mass is 236 g/mol. The molecule has 0 aromatic carbocycles. The van der Waals surface area contributed by atoms with Crippen molar-refractivity contribution in [1.29, 1.82) is 0 Å². The maximum atomic E-state index is 4.47. The highest BCUT2D eigenvalue weighted by atomic mass is 15.3. The molecule has 1 N–H and O–H groups in total. The average Bonchev–Trinajstić information content (AvgIpc) is 2.76. The Balaban J connectivity index is 1.99. The van der Waals surface area contributed by atoms with Crippen LogP contribution in [0.3, 0.4) is 0 Å². The van der Waals surface area contributed by atoms with Crippen LogP contribution in [-0.4, -0.2) is 35.7 Å². The molecule has 0 amide bonds. The Morgan fingerprint density at radius 1 is 1.59 bits per heavy atom. The molecule has 2 heterocycles. The molecule has 0 radical (unpaired) electrons. The number of anilines is 1. The highest BCUT2D eigenvalue weighted by Crippen LogP contribution is 2.17. The first-order valence-corrected chi connectivity index (χ1v) is 6.74. The van der Waals surface area contributed by atoms with Gasteiger partial charge < -0.3 is 14.8 Å². The minimum absolute atomic E-state index is 0.770. The number of aryl methyl sites for hydroxylation is 1. The lowest BCUT2D eigenvalue weighted by Gasteiger charge is -2.30. The molecular formula is C13H24N4. The van der Waals surface area contributed by atoms with E-state index < -0.39 is 0 Å². The number of piperidine rings is 1. The van der Waals surface area contributed by atoms with Crippen molar-refractivity contribution < 1.29 is 0 Å². The van der Waals surface area contributed by atoms with Crippen LogP contribution < -0.4 is 10.2 Å². The summed E-state index contributed by atoms with van der Waals surface area (Å²) in [7, 11) is 2.07. The van der Waals surface area contributed by atoms with Gasteiger partial charge in [-0.15, -0.1) is 0 Å². The summed E-state index contributed by atoms with van der Waals surface area (Å²) in [4.78, 5) is 6.90. The molecule has 2 rings (SSSR count). The normalized spacial score (nSPS) is 20.5. The SMILES string of the molecule is CCCN(CC1CCCNC1)c1nccn1C. The number of imidazole rings is 1. The summed E-state index contributed by atoms with van der Waals surface area (Å²) in [5.41, 5.74) is 0. The number of hydrogen-bond acceptors (Lipinski definition) is 3. The minimum Gasteiger partial charge on any atom is -0.342 e. The summed E-state index contributed by atoms with van der Waals surface area (Å²) in [5.74, 6) is 1.88. The lowest BCUT2D eigenvalue weighted by molar-refractivity contribution is 0.374. The lowest BCUT2D eigenvalue weighted by Crippen LogP contribution is -2.39. The van der Waals surface area contributed by atoms with E-state index in [1.54, 1.807) is 0 Å². The smallest absolute Gasteiger partial charge is 0.205 e. The molecule has 0 aliphatic carbocycles. The van der Waals surface area contributed by atoms with Gasteiger partial charge in [-0.25, -0.2) is 4.98 Å². The molecule has 0 saturated carbocycles. The maximum absolute atomic E-state index is 4.47. The van der Waals surface area contributed by atoms with Gasteiger partial charge in [0, 0.05) is 32.5 Å². The Bertz CT molecular complexity index is 328. The molecule has 4 nitrogen and oxygen atoms in total. The third-order valence-corrected chi connectivity index (χ3v) is 3.45. The van der Waals surface area contributed by atoms with Crippen molar-refractivity contribution in [2.45, 2.75) is 26.2 Å².